The van der Waals surface area contributed by atoms with Crippen LogP contribution in [0.5, 0.6) is 0 Å². The smallest absolute Gasteiger partial charge is 0.274 e. The number of rotatable bonds is 4. The Balaban J connectivity index is 1.47. The van der Waals surface area contributed by atoms with Gasteiger partial charge in [0.2, 0.25) is 11.7 Å². The lowest BCUT2D eigenvalue weighted by molar-refractivity contribution is 0.0781. The summed E-state index contributed by atoms with van der Waals surface area (Å²) in [7, 11) is 1.83. The first-order valence-electron chi connectivity index (χ1n) is 10.0. The molecule has 5 heterocycles. The Morgan fingerprint density at radius 3 is 2.61 bits per heavy atom. The standard InChI is InChI=1S/C22H21N7O2/c1-14-10-19(26-28(14)2)22(30)29-12-17(16-4-3-7-24-11-16)18(13-29)21-25-20(27-31-21)15-5-8-23-9-6-15/h3-11,17-18H,12-13H2,1-2H3/t17-,18+/m0/s1. The molecule has 0 spiro atoms. The van der Waals surface area contributed by atoms with Crippen molar-refractivity contribution >= 4 is 5.91 Å². The highest BCUT2D eigenvalue weighted by molar-refractivity contribution is 5.92. The van der Waals surface area contributed by atoms with Gasteiger partial charge in [-0.15, -0.1) is 0 Å². The summed E-state index contributed by atoms with van der Waals surface area (Å²) in [4.78, 5) is 27.9. The molecule has 4 aromatic heterocycles. The molecule has 1 aliphatic heterocycles. The van der Waals surface area contributed by atoms with Crippen molar-refractivity contribution in [2.24, 2.45) is 7.05 Å². The van der Waals surface area contributed by atoms with Crippen LogP contribution in [0.15, 0.2) is 59.6 Å². The van der Waals surface area contributed by atoms with Crippen LogP contribution in [-0.2, 0) is 7.05 Å². The molecule has 2 atom stereocenters. The van der Waals surface area contributed by atoms with Gasteiger partial charge in [-0.1, -0.05) is 11.2 Å². The number of aryl methyl sites for hydroxylation is 2. The van der Waals surface area contributed by atoms with Gasteiger partial charge >= 0.3 is 0 Å². The molecule has 9 nitrogen and oxygen atoms in total. The lowest BCUT2D eigenvalue weighted by atomic mass is 9.90. The molecule has 0 unspecified atom stereocenters. The maximum absolute atomic E-state index is 13.2. The van der Waals surface area contributed by atoms with Crippen LogP contribution in [0, 0.1) is 6.92 Å². The predicted molar refractivity (Wildman–Crippen MR) is 111 cm³/mol. The minimum atomic E-state index is -0.138. The Morgan fingerprint density at radius 2 is 1.90 bits per heavy atom. The Labute approximate surface area is 178 Å². The van der Waals surface area contributed by atoms with Crippen LogP contribution in [0.25, 0.3) is 11.4 Å². The van der Waals surface area contributed by atoms with Crippen LogP contribution in [0.2, 0.25) is 0 Å². The number of nitrogens with zero attached hydrogens (tertiary/aromatic N) is 7. The van der Waals surface area contributed by atoms with Gasteiger partial charge < -0.3 is 9.42 Å². The molecular weight excluding hydrogens is 394 g/mol. The maximum Gasteiger partial charge on any atom is 0.274 e. The third-order valence-corrected chi connectivity index (χ3v) is 5.75. The summed E-state index contributed by atoms with van der Waals surface area (Å²) in [5, 5.41) is 8.50. The molecule has 1 amide bonds. The average molecular weight is 415 g/mol. The van der Waals surface area contributed by atoms with E-state index in [1.807, 2.05) is 50.5 Å². The maximum atomic E-state index is 13.2. The van der Waals surface area contributed by atoms with Crippen molar-refractivity contribution in [3.8, 4) is 11.4 Å². The number of pyridine rings is 2. The fraction of sp³-hybridized carbons (Fsp3) is 0.273. The van der Waals surface area contributed by atoms with E-state index in [0.29, 0.717) is 30.5 Å². The van der Waals surface area contributed by atoms with E-state index in [-0.39, 0.29) is 17.7 Å². The molecule has 9 heteroatoms. The summed E-state index contributed by atoms with van der Waals surface area (Å²) in [6.07, 6.45) is 6.95. The predicted octanol–water partition coefficient (Wildman–Crippen LogP) is 2.59. The SMILES string of the molecule is Cc1cc(C(=O)N2C[C@@H](c3cccnc3)[C@H](c3nc(-c4ccncc4)no3)C2)nn1C. The number of carbonyl (C=O) groups is 1. The first-order chi connectivity index (χ1) is 15.1. The lowest BCUT2D eigenvalue weighted by Crippen LogP contribution is -2.29. The highest BCUT2D eigenvalue weighted by Gasteiger charge is 2.41. The zero-order valence-electron chi connectivity index (χ0n) is 17.2. The summed E-state index contributed by atoms with van der Waals surface area (Å²) in [6, 6.07) is 9.39. The molecular formula is C22H21N7O2. The fourth-order valence-corrected chi connectivity index (χ4v) is 3.98. The van der Waals surface area contributed by atoms with E-state index in [1.165, 1.54) is 0 Å². The van der Waals surface area contributed by atoms with Gasteiger partial charge in [-0.25, -0.2) is 0 Å². The van der Waals surface area contributed by atoms with Crippen LogP contribution in [0.1, 0.15) is 39.5 Å². The highest BCUT2D eigenvalue weighted by atomic mass is 16.5. The van der Waals surface area contributed by atoms with Crippen molar-refractivity contribution in [3.05, 3.63) is 78.0 Å². The zero-order valence-corrected chi connectivity index (χ0v) is 17.2. The van der Waals surface area contributed by atoms with Gasteiger partial charge in [0, 0.05) is 62.1 Å². The van der Waals surface area contributed by atoms with Crippen LogP contribution >= 0.6 is 0 Å². The van der Waals surface area contributed by atoms with Crippen molar-refractivity contribution in [3.63, 3.8) is 0 Å². The van der Waals surface area contributed by atoms with Gasteiger partial charge in [0.25, 0.3) is 5.91 Å². The average Bonchev–Trinajstić information content (AvgIpc) is 3.53. The van der Waals surface area contributed by atoms with Gasteiger partial charge in [0.15, 0.2) is 5.69 Å². The summed E-state index contributed by atoms with van der Waals surface area (Å²) < 4.78 is 7.36. The second-order valence-corrected chi connectivity index (χ2v) is 7.70. The quantitative estimate of drug-likeness (QED) is 0.505. The number of aromatic nitrogens is 6. The number of hydrogen-bond acceptors (Lipinski definition) is 7. The fourth-order valence-electron chi connectivity index (χ4n) is 3.98. The molecule has 0 saturated carbocycles. The van der Waals surface area contributed by atoms with Crippen molar-refractivity contribution < 1.29 is 9.32 Å². The Bertz CT molecular complexity index is 1180. The van der Waals surface area contributed by atoms with Crippen LogP contribution in [0.4, 0.5) is 0 Å². The molecule has 0 radical (unpaired) electrons. The molecule has 1 fully saturated rings. The molecule has 1 aliphatic rings. The van der Waals surface area contributed by atoms with Crippen molar-refractivity contribution in [1.29, 1.82) is 0 Å². The monoisotopic (exact) mass is 415 g/mol. The van der Waals surface area contributed by atoms with Crippen molar-refractivity contribution in [2.45, 2.75) is 18.8 Å². The molecule has 5 rings (SSSR count). The van der Waals surface area contributed by atoms with E-state index < -0.39 is 0 Å². The molecule has 156 valence electrons. The van der Waals surface area contributed by atoms with E-state index in [2.05, 4.69) is 25.2 Å². The van der Waals surface area contributed by atoms with Gasteiger partial charge in [-0.2, -0.15) is 10.1 Å². The molecule has 31 heavy (non-hydrogen) atoms. The van der Waals surface area contributed by atoms with Crippen LogP contribution in [-0.4, -0.2) is 53.8 Å². The van der Waals surface area contributed by atoms with E-state index in [9.17, 15) is 4.79 Å². The molecule has 0 aliphatic carbocycles. The molecule has 4 aromatic rings. The van der Waals surface area contributed by atoms with E-state index in [1.54, 1.807) is 28.2 Å². The number of hydrogen-bond donors (Lipinski definition) is 0. The van der Waals surface area contributed by atoms with Gasteiger partial charge in [-0.3, -0.25) is 19.4 Å². The molecule has 0 bridgehead atoms. The second-order valence-electron chi connectivity index (χ2n) is 7.70. The minimum absolute atomic E-state index is 0.00630. The number of likely N-dealkylation sites (tertiary alicyclic amines) is 1. The summed E-state index contributed by atoms with van der Waals surface area (Å²) in [5.41, 5.74) is 3.23. The third-order valence-electron chi connectivity index (χ3n) is 5.75. The Morgan fingerprint density at radius 1 is 1.10 bits per heavy atom. The Kier molecular flexibility index (Phi) is 4.78. The second kappa shape index (κ2) is 7.75. The number of carbonyl (C=O) groups excluding carboxylic acids is 1. The van der Waals surface area contributed by atoms with Gasteiger partial charge in [-0.05, 0) is 36.8 Å². The number of amides is 1. The van der Waals surface area contributed by atoms with Crippen molar-refractivity contribution in [2.75, 3.05) is 13.1 Å². The largest absolute Gasteiger partial charge is 0.339 e. The zero-order chi connectivity index (χ0) is 21.4. The van der Waals surface area contributed by atoms with Crippen LogP contribution < -0.4 is 0 Å². The van der Waals surface area contributed by atoms with E-state index in [0.717, 1.165) is 16.8 Å². The molecule has 0 N–H and O–H groups in total. The molecule has 1 saturated heterocycles. The molecule has 0 aromatic carbocycles. The third kappa shape index (κ3) is 3.58. The summed E-state index contributed by atoms with van der Waals surface area (Å²) in [6.45, 7) is 2.91. The first-order valence-corrected chi connectivity index (χ1v) is 10.0. The lowest BCUT2D eigenvalue weighted by Gasteiger charge is -2.15. The topological polar surface area (TPSA) is 103 Å². The van der Waals surface area contributed by atoms with Gasteiger partial charge in [0.05, 0.1) is 5.92 Å². The minimum Gasteiger partial charge on any atom is -0.339 e. The normalized spacial score (nSPS) is 18.5. The first kappa shape index (κ1) is 19.1. The van der Waals surface area contributed by atoms with Gasteiger partial charge in [0.1, 0.15) is 0 Å². The van der Waals surface area contributed by atoms with E-state index >= 15 is 0 Å². The highest BCUT2D eigenvalue weighted by Crippen LogP contribution is 2.39. The van der Waals surface area contributed by atoms with Crippen molar-refractivity contribution in [1.82, 2.24) is 34.8 Å². The van der Waals surface area contributed by atoms with Crippen LogP contribution in [0.3, 0.4) is 0 Å². The Hall–Kier alpha value is -3.88. The van der Waals surface area contributed by atoms with E-state index in [4.69, 9.17) is 4.52 Å². The summed E-state index contributed by atoms with van der Waals surface area (Å²) >= 11 is 0. The summed E-state index contributed by atoms with van der Waals surface area (Å²) in [5.74, 6) is 0.767.